The van der Waals surface area contributed by atoms with Crippen LogP contribution in [-0.2, 0) is 6.42 Å². The first-order valence-electron chi connectivity index (χ1n) is 5.52. The first-order valence-corrected chi connectivity index (χ1v) is 5.52. The van der Waals surface area contributed by atoms with Gasteiger partial charge in [-0.25, -0.2) is 0 Å². The molecule has 14 heavy (non-hydrogen) atoms. The van der Waals surface area contributed by atoms with Crippen molar-refractivity contribution >= 4 is 0 Å². The second-order valence-electron chi connectivity index (χ2n) is 3.86. The summed E-state index contributed by atoms with van der Waals surface area (Å²) < 4.78 is 5.68. The lowest BCUT2D eigenvalue weighted by molar-refractivity contribution is 0.380. The van der Waals surface area contributed by atoms with Crippen LogP contribution in [0.4, 0.5) is 0 Å². The molecule has 0 aliphatic carbocycles. The van der Waals surface area contributed by atoms with Crippen LogP contribution in [0.25, 0.3) is 0 Å². The summed E-state index contributed by atoms with van der Waals surface area (Å²) in [5.74, 6) is 2.11. The van der Waals surface area contributed by atoms with Crippen LogP contribution in [0.15, 0.2) is 16.5 Å². The average Bonchev–Trinajstić information content (AvgIpc) is 2.65. The van der Waals surface area contributed by atoms with E-state index in [2.05, 4.69) is 45.1 Å². The minimum Gasteiger partial charge on any atom is -0.464 e. The number of hydrogen-bond donors (Lipinski definition) is 1. The fourth-order valence-corrected chi connectivity index (χ4v) is 1.44. The van der Waals surface area contributed by atoms with E-state index in [1.54, 1.807) is 0 Å². The van der Waals surface area contributed by atoms with Crippen molar-refractivity contribution in [2.75, 3.05) is 0 Å². The highest BCUT2D eigenvalue weighted by atomic mass is 16.3. The van der Waals surface area contributed by atoms with Crippen LogP contribution in [0.1, 0.15) is 51.7 Å². The van der Waals surface area contributed by atoms with E-state index >= 15 is 0 Å². The third-order valence-electron chi connectivity index (χ3n) is 2.60. The van der Waals surface area contributed by atoms with E-state index in [0.29, 0.717) is 12.1 Å². The third-order valence-corrected chi connectivity index (χ3v) is 2.60. The molecule has 0 saturated heterocycles. The highest BCUT2D eigenvalue weighted by Crippen LogP contribution is 2.17. The van der Waals surface area contributed by atoms with E-state index in [9.17, 15) is 0 Å². The van der Waals surface area contributed by atoms with Gasteiger partial charge in [-0.15, -0.1) is 0 Å². The molecule has 2 unspecified atom stereocenters. The largest absolute Gasteiger partial charge is 0.464 e. The Bertz CT molecular complexity index is 267. The number of rotatable bonds is 5. The van der Waals surface area contributed by atoms with Gasteiger partial charge in [-0.3, -0.25) is 0 Å². The van der Waals surface area contributed by atoms with E-state index < -0.39 is 0 Å². The molecule has 0 saturated carbocycles. The van der Waals surface area contributed by atoms with Gasteiger partial charge >= 0.3 is 0 Å². The van der Waals surface area contributed by atoms with Crippen LogP contribution in [0.3, 0.4) is 0 Å². The van der Waals surface area contributed by atoms with Gasteiger partial charge < -0.3 is 9.73 Å². The zero-order valence-electron chi connectivity index (χ0n) is 9.63. The minimum absolute atomic E-state index is 0.310. The smallest absolute Gasteiger partial charge is 0.120 e. The zero-order valence-corrected chi connectivity index (χ0v) is 9.63. The molecule has 2 heteroatoms. The van der Waals surface area contributed by atoms with Gasteiger partial charge in [0.1, 0.15) is 11.5 Å². The molecule has 1 heterocycles. The van der Waals surface area contributed by atoms with Crippen LogP contribution in [-0.4, -0.2) is 6.04 Å². The molecule has 0 bridgehead atoms. The summed E-state index contributed by atoms with van der Waals surface area (Å²) in [6, 6.07) is 4.98. The number of hydrogen-bond acceptors (Lipinski definition) is 2. The second kappa shape index (κ2) is 5.20. The molecular formula is C12H21NO. The Morgan fingerprint density at radius 1 is 1.29 bits per heavy atom. The van der Waals surface area contributed by atoms with Crippen LogP contribution < -0.4 is 5.32 Å². The van der Waals surface area contributed by atoms with Gasteiger partial charge in [0.25, 0.3) is 0 Å². The maximum Gasteiger partial charge on any atom is 0.120 e. The molecule has 0 aliphatic rings. The molecule has 0 aromatic carbocycles. The molecular weight excluding hydrogens is 174 g/mol. The number of aryl methyl sites for hydroxylation is 1. The van der Waals surface area contributed by atoms with Crippen molar-refractivity contribution in [3.8, 4) is 0 Å². The Morgan fingerprint density at radius 2 is 2.00 bits per heavy atom. The van der Waals surface area contributed by atoms with Gasteiger partial charge in [-0.1, -0.05) is 13.8 Å². The van der Waals surface area contributed by atoms with E-state index in [0.717, 1.165) is 24.4 Å². The summed E-state index contributed by atoms with van der Waals surface area (Å²) in [6.07, 6.45) is 2.11. The van der Waals surface area contributed by atoms with Gasteiger partial charge in [0.2, 0.25) is 0 Å². The number of nitrogens with one attached hydrogen (secondary N) is 1. The van der Waals surface area contributed by atoms with Crippen molar-refractivity contribution in [2.24, 2.45) is 0 Å². The summed E-state index contributed by atoms with van der Waals surface area (Å²) in [7, 11) is 0. The standard InChI is InChI=1S/C12H21NO/c1-5-9(3)13-10(4)12-8-7-11(6-2)14-12/h7-10,13H,5-6H2,1-4H3. The van der Waals surface area contributed by atoms with E-state index in [1.165, 1.54) is 0 Å². The monoisotopic (exact) mass is 195 g/mol. The summed E-state index contributed by atoms with van der Waals surface area (Å²) >= 11 is 0. The second-order valence-corrected chi connectivity index (χ2v) is 3.86. The highest BCUT2D eigenvalue weighted by molar-refractivity contribution is 5.10. The first kappa shape index (κ1) is 11.3. The fraction of sp³-hybridized carbons (Fsp3) is 0.667. The summed E-state index contributed by atoms with van der Waals surface area (Å²) in [4.78, 5) is 0. The number of furan rings is 1. The summed E-state index contributed by atoms with van der Waals surface area (Å²) in [6.45, 7) is 8.63. The van der Waals surface area contributed by atoms with Gasteiger partial charge in [0.05, 0.1) is 6.04 Å². The van der Waals surface area contributed by atoms with Crippen molar-refractivity contribution < 1.29 is 4.42 Å². The fourth-order valence-electron chi connectivity index (χ4n) is 1.44. The van der Waals surface area contributed by atoms with Crippen molar-refractivity contribution in [3.63, 3.8) is 0 Å². The predicted octanol–water partition coefficient (Wildman–Crippen LogP) is 3.29. The Morgan fingerprint density at radius 3 is 2.50 bits per heavy atom. The lowest BCUT2D eigenvalue weighted by Gasteiger charge is -2.16. The normalized spacial score (nSPS) is 15.4. The Labute approximate surface area is 86.7 Å². The first-order chi connectivity index (χ1) is 6.67. The van der Waals surface area contributed by atoms with Crippen molar-refractivity contribution in [1.29, 1.82) is 0 Å². The van der Waals surface area contributed by atoms with Crippen LogP contribution in [0, 0.1) is 0 Å². The lowest BCUT2D eigenvalue weighted by atomic mass is 10.2. The molecule has 2 nitrogen and oxygen atoms in total. The van der Waals surface area contributed by atoms with E-state index in [4.69, 9.17) is 4.42 Å². The summed E-state index contributed by atoms with van der Waals surface area (Å²) in [5, 5.41) is 3.49. The van der Waals surface area contributed by atoms with E-state index in [-0.39, 0.29) is 0 Å². The molecule has 0 amide bonds. The predicted molar refractivity (Wildman–Crippen MR) is 59.4 cm³/mol. The van der Waals surface area contributed by atoms with Crippen LogP contribution in [0.5, 0.6) is 0 Å². The Balaban J connectivity index is 2.55. The molecule has 1 rings (SSSR count). The van der Waals surface area contributed by atoms with Crippen molar-refractivity contribution in [3.05, 3.63) is 23.7 Å². The molecule has 0 aliphatic heterocycles. The van der Waals surface area contributed by atoms with Gasteiger partial charge in [0, 0.05) is 12.5 Å². The zero-order chi connectivity index (χ0) is 10.6. The Hall–Kier alpha value is -0.760. The van der Waals surface area contributed by atoms with Gasteiger partial charge in [0.15, 0.2) is 0 Å². The molecule has 80 valence electrons. The van der Waals surface area contributed by atoms with Crippen molar-refractivity contribution in [1.82, 2.24) is 5.32 Å². The molecule has 1 aromatic heterocycles. The molecule has 0 radical (unpaired) electrons. The minimum atomic E-state index is 0.310. The van der Waals surface area contributed by atoms with E-state index in [1.807, 2.05) is 0 Å². The third kappa shape index (κ3) is 2.88. The molecule has 2 atom stereocenters. The maximum absolute atomic E-state index is 5.68. The highest BCUT2D eigenvalue weighted by Gasteiger charge is 2.11. The van der Waals surface area contributed by atoms with Gasteiger partial charge in [-0.05, 0) is 32.4 Å². The molecule has 0 fully saturated rings. The Kier molecular flexibility index (Phi) is 4.21. The lowest BCUT2D eigenvalue weighted by Crippen LogP contribution is -2.27. The van der Waals surface area contributed by atoms with Crippen LogP contribution in [0.2, 0.25) is 0 Å². The maximum atomic E-state index is 5.68. The van der Waals surface area contributed by atoms with Gasteiger partial charge in [-0.2, -0.15) is 0 Å². The topological polar surface area (TPSA) is 25.2 Å². The molecule has 1 N–H and O–H groups in total. The van der Waals surface area contributed by atoms with Crippen molar-refractivity contribution in [2.45, 2.75) is 52.6 Å². The average molecular weight is 195 g/mol. The van der Waals surface area contributed by atoms with Crippen LogP contribution >= 0.6 is 0 Å². The quantitative estimate of drug-likeness (QED) is 0.780. The SMILES string of the molecule is CCc1ccc(C(C)NC(C)CC)o1. The molecule has 1 aromatic rings. The summed E-state index contributed by atoms with van der Waals surface area (Å²) in [5.41, 5.74) is 0. The molecule has 0 spiro atoms.